The molecule has 1 aliphatic rings. The molecule has 1 aromatic heterocycles. The summed E-state index contributed by atoms with van der Waals surface area (Å²) in [5.74, 6) is -0.500. The van der Waals surface area contributed by atoms with Gasteiger partial charge in [0.25, 0.3) is 5.91 Å². The van der Waals surface area contributed by atoms with Gasteiger partial charge in [-0.15, -0.1) is 0 Å². The minimum atomic E-state index is -0.440. The lowest BCUT2D eigenvalue weighted by Gasteiger charge is -2.13. The Hall–Kier alpha value is -2.82. The molecule has 2 aromatic rings. The summed E-state index contributed by atoms with van der Waals surface area (Å²) in [4.78, 5) is 28.9. The molecular formula is C19H20N2O3. The third-order valence-electron chi connectivity index (χ3n) is 3.96. The molecule has 0 atom stereocenters. The van der Waals surface area contributed by atoms with Gasteiger partial charge >= 0.3 is 5.97 Å². The van der Waals surface area contributed by atoms with Crippen LogP contribution in [-0.4, -0.2) is 41.5 Å². The van der Waals surface area contributed by atoms with Gasteiger partial charge in [0.1, 0.15) is 12.3 Å². The van der Waals surface area contributed by atoms with Gasteiger partial charge in [-0.2, -0.15) is 0 Å². The number of benzene rings is 1. The fourth-order valence-corrected chi connectivity index (χ4v) is 2.68. The molecule has 5 heteroatoms. The number of esters is 1. The van der Waals surface area contributed by atoms with Crippen molar-refractivity contribution in [1.82, 2.24) is 9.88 Å². The number of H-pyrrole nitrogens is 1. The zero-order chi connectivity index (χ0) is 16.8. The summed E-state index contributed by atoms with van der Waals surface area (Å²) in [6.45, 7) is 1.75. The standard InChI is InChI=1S/C19H20N2O3/c22-18(21-10-4-5-11-21)17-13-16(14-20-17)19(23)24-12-6-9-15-7-2-1-3-8-15/h1-3,6-9,13-14,20H,4-5,10-12H2/b9-6+. The lowest BCUT2D eigenvalue weighted by molar-refractivity contribution is 0.0550. The van der Waals surface area contributed by atoms with E-state index < -0.39 is 5.97 Å². The average Bonchev–Trinajstić information content (AvgIpc) is 3.30. The Morgan fingerprint density at radius 2 is 1.92 bits per heavy atom. The lowest BCUT2D eigenvalue weighted by atomic mass is 10.2. The minimum absolute atomic E-state index is 0.0597. The van der Waals surface area contributed by atoms with Crippen LogP contribution >= 0.6 is 0 Å². The summed E-state index contributed by atoms with van der Waals surface area (Å²) in [6.07, 6.45) is 7.28. The summed E-state index contributed by atoms with van der Waals surface area (Å²) in [6, 6.07) is 11.4. The molecule has 3 rings (SSSR count). The molecule has 2 heterocycles. The molecule has 0 aliphatic carbocycles. The van der Waals surface area contributed by atoms with Crippen molar-refractivity contribution in [3.8, 4) is 0 Å². The van der Waals surface area contributed by atoms with E-state index in [9.17, 15) is 9.59 Å². The Morgan fingerprint density at radius 1 is 1.17 bits per heavy atom. The van der Waals surface area contributed by atoms with Gasteiger partial charge in [0.2, 0.25) is 0 Å². The van der Waals surface area contributed by atoms with Crippen molar-refractivity contribution < 1.29 is 14.3 Å². The molecule has 5 nitrogen and oxygen atoms in total. The highest BCUT2D eigenvalue weighted by Crippen LogP contribution is 2.13. The van der Waals surface area contributed by atoms with Crippen LogP contribution in [0.1, 0.15) is 39.3 Å². The lowest BCUT2D eigenvalue weighted by Crippen LogP contribution is -2.27. The first-order valence-corrected chi connectivity index (χ1v) is 8.10. The van der Waals surface area contributed by atoms with Gasteiger partial charge in [0, 0.05) is 19.3 Å². The molecule has 0 radical (unpaired) electrons. The van der Waals surface area contributed by atoms with Gasteiger partial charge in [-0.3, -0.25) is 4.79 Å². The van der Waals surface area contributed by atoms with E-state index in [2.05, 4.69) is 4.98 Å². The maximum absolute atomic E-state index is 12.2. The molecule has 1 saturated heterocycles. The van der Waals surface area contributed by atoms with E-state index in [1.54, 1.807) is 17.0 Å². The third-order valence-corrected chi connectivity index (χ3v) is 3.96. The van der Waals surface area contributed by atoms with Gasteiger partial charge in [-0.1, -0.05) is 36.4 Å². The summed E-state index contributed by atoms with van der Waals surface area (Å²) in [7, 11) is 0. The smallest absolute Gasteiger partial charge is 0.340 e. The monoisotopic (exact) mass is 324 g/mol. The van der Waals surface area contributed by atoms with Gasteiger partial charge in [0.05, 0.1) is 5.56 Å². The van der Waals surface area contributed by atoms with E-state index in [4.69, 9.17) is 4.74 Å². The Labute approximate surface area is 140 Å². The van der Waals surface area contributed by atoms with Crippen molar-refractivity contribution in [1.29, 1.82) is 0 Å². The van der Waals surface area contributed by atoms with Crippen LogP contribution < -0.4 is 0 Å². The molecule has 1 aliphatic heterocycles. The van der Waals surface area contributed by atoms with Crippen molar-refractivity contribution in [2.45, 2.75) is 12.8 Å². The number of rotatable bonds is 5. The highest BCUT2D eigenvalue weighted by Gasteiger charge is 2.21. The first-order chi connectivity index (χ1) is 11.7. The maximum Gasteiger partial charge on any atom is 0.340 e. The highest BCUT2D eigenvalue weighted by atomic mass is 16.5. The second-order valence-electron chi connectivity index (χ2n) is 5.71. The van der Waals surface area contributed by atoms with E-state index in [0.717, 1.165) is 31.5 Å². The van der Waals surface area contributed by atoms with E-state index in [-0.39, 0.29) is 12.5 Å². The Bertz CT molecular complexity index is 728. The van der Waals surface area contributed by atoms with E-state index in [1.807, 2.05) is 36.4 Å². The van der Waals surface area contributed by atoms with Crippen LogP contribution in [0.3, 0.4) is 0 Å². The number of carbonyl (C=O) groups excluding carboxylic acids is 2. The SMILES string of the molecule is O=C(OC/C=C/c1ccccc1)c1c[nH]c(C(=O)N2CCCC2)c1. The number of amides is 1. The normalized spacial score (nSPS) is 14.2. The van der Waals surface area contributed by atoms with Gasteiger partial charge in [0.15, 0.2) is 0 Å². The first kappa shape index (κ1) is 16.1. The molecule has 124 valence electrons. The minimum Gasteiger partial charge on any atom is -0.458 e. The summed E-state index contributed by atoms with van der Waals surface area (Å²) in [5.41, 5.74) is 1.85. The number of aromatic amines is 1. The number of carbonyl (C=O) groups is 2. The zero-order valence-corrected chi connectivity index (χ0v) is 13.4. The Balaban J connectivity index is 1.52. The van der Waals surface area contributed by atoms with Crippen LogP contribution in [0.4, 0.5) is 0 Å². The Kier molecular flexibility index (Phi) is 5.11. The fourth-order valence-electron chi connectivity index (χ4n) is 2.68. The molecule has 1 N–H and O–H groups in total. The quantitative estimate of drug-likeness (QED) is 0.860. The largest absolute Gasteiger partial charge is 0.458 e. The highest BCUT2D eigenvalue weighted by molar-refractivity contribution is 5.97. The van der Waals surface area contributed by atoms with Gasteiger partial charge < -0.3 is 14.6 Å². The molecule has 1 amide bonds. The van der Waals surface area contributed by atoms with Gasteiger partial charge in [-0.25, -0.2) is 4.79 Å². The van der Waals surface area contributed by atoms with Gasteiger partial charge in [-0.05, 0) is 30.5 Å². The summed E-state index contributed by atoms with van der Waals surface area (Å²) >= 11 is 0. The summed E-state index contributed by atoms with van der Waals surface area (Å²) < 4.78 is 5.20. The number of nitrogens with zero attached hydrogens (tertiary/aromatic N) is 1. The number of hydrogen-bond donors (Lipinski definition) is 1. The predicted octanol–water partition coefficient (Wildman–Crippen LogP) is 3.12. The predicted molar refractivity (Wildman–Crippen MR) is 91.7 cm³/mol. The second kappa shape index (κ2) is 7.64. The van der Waals surface area contributed by atoms with Crippen molar-refractivity contribution in [2.75, 3.05) is 19.7 Å². The van der Waals surface area contributed by atoms with Crippen LogP contribution in [0.5, 0.6) is 0 Å². The van der Waals surface area contributed by atoms with E-state index >= 15 is 0 Å². The zero-order valence-electron chi connectivity index (χ0n) is 13.4. The third kappa shape index (κ3) is 3.93. The molecule has 24 heavy (non-hydrogen) atoms. The number of hydrogen-bond acceptors (Lipinski definition) is 3. The average molecular weight is 324 g/mol. The van der Waals surface area contributed by atoms with Crippen molar-refractivity contribution >= 4 is 18.0 Å². The molecule has 0 bridgehead atoms. The van der Waals surface area contributed by atoms with Crippen molar-refractivity contribution in [3.63, 3.8) is 0 Å². The molecule has 1 aromatic carbocycles. The molecule has 1 fully saturated rings. The van der Waals surface area contributed by atoms with Crippen LogP contribution in [-0.2, 0) is 4.74 Å². The first-order valence-electron chi connectivity index (χ1n) is 8.10. The molecule has 0 saturated carbocycles. The number of likely N-dealkylation sites (tertiary alicyclic amines) is 1. The van der Waals surface area contributed by atoms with Crippen LogP contribution in [0.15, 0.2) is 48.7 Å². The van der Waals surface area contributed by atoms with Crippen LogP contribution in [0.25, 0.3) is 6.08 Å². The maximum atomic E-state index is 12.2. The van der Waals surface area contributed by atoms with Crippen molar-refractivity contribution in [3.05, 3.63) is 65.5 Å². The number of aromatic nitrogens is 1. The van der Waals surface area contributed by atoms with E-state index in [1.165, 1.54) is 6.20 Å². The van der Waals surface area contributed by atoms with E-state index in [0.29, 0.717) is 11.3 Å². The van der Waals surface area contributed by atoms with Crippen molar-refractivity contribution in [2.24, 2.45) is 0 Å². The number of ether oxygens (including phenoxy) is 1. The molecule has 0 unspecified atom stereocenters. The second-order valence-corrected chi connectivity index (χ2v) is 5.71. The van der Waals surface area contributed by atoms with Crippen LogP contribution in [0.2, 0.25) is 0 Å². The fraction of sp³-hybridized carbons (Fsp3) is 0.263. The Morgan fingerprint density at radius 3 is 2.67 bits per heavy atom. The number of nitrogens with one attached hydrogen (secondary N) is 1. The van der Waals surface area contributed by atoms with Crippen LogP contribution in [0, 0.1) is 0 Å². The molecular weight excluding hydrogens is 304 g/mol. The molecule has 0 spiro atoms. The topological polar surface area (TPSA) is 62.4 Å². The summed E-state index contributed by atoms with van der Waals surface area (Å²) in [5, 5.41) is 0.